The Labute approximate surface area is 81.7 Å². The molecule has 1 heterocycles. The van der Waals surface area contributed by atoms with Gasteiger partial charge in [-0.15, -0.1) is 5.70 Å². The molecule has 0 bridgehead atoms. The molecule has 1 rings (SSSR count). The van der Waals surface area contributed by atoms with Crippen LogP contribution in [0.1, 0.15) is 6.42 Å². The zero-order valence-corrected chi connectivity index (χ0v) is 8.56. The average molecular weight is 197 g/mol. The molecule has 0 unspecified atom stereocenters. The van der Waals surface area contributed by atoms with E-state index in [0.717, 1.165) is 17.8 Å². The van der Waals surface area contributed by atoms with Crippen molar-refractivity contribution in [3.8, 4) is 0 Å². The molecule has 0 spiro atoms. The van der Waals surface area contributed by atoms with Crippen LogP contribution >= 0.6 is 0 Å². The first-order chi connectivity index (χ1) is 3.72. The topological polar surface area (TPSA) is 3.24 Å². The molecule has 1 radical (unpaired) electrons. The summed E-state index contributed by atoms with van der Waals surface area (Å²) >= 11 is 0. The maximum atomic E-state index is 3.82. The molecule has 0 aromatic carbocycles. The average Bonchev–Trinajstić information content (AvgIpc) is 1.98. The summed E-state index contributed by atoms with van der Waals surface area (Å²) in [6, 6.07) is 0. The third kappa shape index (κ3) is 1.84. The van der Waals surface area contributed by atoms with Crippen molar-refractivity contribution in [2.75, 3.05) is 7.05 Å². The van der Waals surface area contributed by atoms with Gasteiger partial charge in [0.2, 0.25) is 0 Å². The first-order valence-corrected chi connectivity index (χ1v) is 2.65. The quantitative estimate of drug-likeness (QED) is 0.532. The summed E-state index contributed by atoms with van der Waals surface area (Å²) in [5, 5.41) is 0. The van der Waals surface area contributed by atoms with Gasteiger partial charge in [-0.25, -0.2) is 13.0 Å². The molecule has 0 atom stereocenters. The van der Waals surface area contributed by atoms with E-state index in [1.54, 1.807) is 0 Å². The minimum atomic E-state index is 0. The molecular formula is C7H10NY-. The molecule has 1 saturated heterocycles. The molecule has 0 saturated carbocycles. The van der Waals surface area contributed by atoms with Crippen LogP contribution in [0.4, 0.5) is 0 Å². The van der Waals surface area contributed by atoms with Crippen LogP contribution in [0.5, 0.6) is 0 Å². The summed E-state index contributed by atoms with van der Waals surface area (Å²) in [4.78, 5) is 2.00. The van der Waals surface area contributed by atoms with Crippen LogP contribution in [0.3, 0.4) is 0 Å². The maximum Gasteiger partial charge on any atom is 0.00801 e. The second-order valence-electron chi connectivity index (χ2n) is 2.02. The predicted octanol–water partition coefficient (Wildman–Crippen LogP) is 1.55. The van der Waals surface area contributed by atoms with Crippen molar-refractivity contribution in [1.29, 1.82) is 0 Å². The van der Waals surface area contributed by atoms with E-state index in [1.165, 1.54) is 0 Å². The van der Waals surface area contributed by atoms with Gasteiger partial charge < -0.3 is 4.90 Å². The van der Waals surface area contributed by atoms with E-state index in [4.69, 9.17) is 0 Å². The summed E-state index contributed by atoms with van der Waals surface area (Å²) in [5.41, 5.74) is 2.20. The molecule has 1 aliphatic rings. The number of hydrogen-bond donors (Lipinski definition) is 0. The van der Waals surface area contributed by atoms with Crippen LogP contribution in [-0.4, -0.2) is 11.9 Å². The zero-order chi connectivity index (χ0) is 6.15. The molecule has 2 heteroatoms. The first-order valence-electron chi connectivity index (χ1n) is 2.65. The van der Waals surface area contributed by atoms with Crippen molar-refractivity contribution >= 4 is 0 Å². The Hall–Kier alpha value is 0.254. The van der Waals surface area contributed by atoms with Gasteiger partial charge in [-0.1, -0.05) is 13.0 Å². The fraction of sp³-hybridized carbons (Fsp3) is 0.286. The molecule has 0 N–H and O–H groups in total. The minimum Gasteiger partial charge on any atom is -0.384 e. The molecule has 0 aromatic rings. The second kappa shape index (κ2) is 3.43. The number of nitrogens with zero attached hydrogens (tertiary/aromatic N) is 1. The van der Waals surface area contributed by atoms with Gasteiger partial charge in [0, 0.05) is 39.8 Å². The molecule has 0 amide bonds. The smallest absolute Gasteiger partial charge is 0.00801 e. The third-order valence-electron chi connectivity index (χ3n) is 1.48. The molecule has 9 heavy (non-hydrogen) atoms. The van der Waals surface area contributed by atoms with E-state index < -0.39 is 0 Å². The molecule has 47 valence electrons. The van der Waals surface area contributed by atoms with Gasteiger partial charge in [0.05, 0.1) is 0 Å². The number of rotatable bonds is 0. The van der Waals surface area contributed by atoms with Crippen molar-refractivity contribution in [1.82, 2.24) is 4.90 Å². The Morgan fingerprint density at radius 2 is 2.11 bits per heavy atom. The Kier molecular flexibility index (Phi) is 3.53. The summed E-state index contributed by atoms with van der Waals surface area (Å²) in [7, 11) is 1.98. The van der Waals surface area contributed by atoms with E-state index in [2.05, 4.69) is 19.6 Å². The number of allylic oxidation sites excluding steroid dienone is 2. The second-order valence-corrected chi connectivity index (χ2v) is 2.02. The van der Waals surface area contributed by atoms with Gasteiger partial charge in [-0.3, -0.25) is 0 Å². The molecule has 1 fully saturated rings. The molecular weight excluding hydrogens is 187 g/mol. The zero-order valence-electron chi connectivity index (χ0n) is 5.72. The summed E-state index contributed by atoms with van der Waals surface area (Å²) in [6.45, 7) is 7.61. The Morgan fingerprint density at radius 1 is 1.56 bits per heavy atom. The fourth-order valence-electron chi connectivity index (χ4n) is 0.713. The molecule has 1 nitrogen and oxygen atoms in total. The Balaban J connectivity index is 0.000000640. The van der Waals surface area contributed by atoms with Crippen LogP contribution in [0.15, 0.2) is 24.6 Å². The van der Waals surface area contributed by atoms with Crippen molar-refractivity contribution in [3.05, 3.63) is 31.0 Å². The first kappa shape index (κ1) is 9.25. The summed E-state index contributed by atoms with van der Waals surface area (Å²) in [6.07, 6.45) is 3.04. The van der Waals surface area contributed by atoms with E-state index in [9.17, 15) is 0 Å². The van der Waals surface area contributed by atoms with E-state index in [0.29, 0.717) is 0 Å². The predicted molar refractivity (Wildman–Crippen MR) is 35.0 cm³/mol. The Bertz CT molecular complexity index is 124. The Morgan fingerprint density at radius 3 is 2.22 bits per heavy atom. The SMILES string of the molecule is C=C1[CH-]CC(=C)N1C.[Y]. The standard InChI is InChI=1S/C7H10N.Y/c1-6-4-5-7(2)8(6)3;/h4H,1-2,5H2,3H3;/q-1;. The van der Waals surface area contributed by atoms with Gasteiger partial charge in [0.1, 0.15) is 0 Å². The van der Waals surface area contributed by atoms with Crippen LogP contribution < -0.4 is 0 Å². The van der Waals surface area contributed by atoms with E-state index >= 15 is 0 Å². The van der Waals surface area contributed by atoms with E-state index in [-0.39, 0.29) is 32.7 Å². The van der Waals surface area contributed by atoms with Gasteiger partial charge in [0.15, 0.2) is 0 Å². The van der Waals surface area contributed by atoms with Crippen LogP contribution in [-0.2, 0) is 32.7 Å². The van der Waals surface area contributed by atoms with Crippen molar-refractivity contribution in [2.45, 2.75) is 6.42 Å². The van der Waals surface area contributed by atoms with Crippen LogP contribution in [0.2, 0.25) is 0 Å². The molecule has 1 aliphatic heterocycles. The largest absolute Gasteiger partial charge is 0.384 e. The fourth-order valence-corrected chi connectivity index (χ4v) is 0.713. The monoisotopic (exact) mass is 197 g/mol. The maximum absolute atomic E-state index is 3.82. The van der Waals surface area contributed by atoms with Crippen molar-refractivity contribution in [3.63, 3.8) is 0 Å². The minimum absolute atomic E-state index is 0. The molecule has 0 aromatic heterocycles. The summed E-state index contributed by atoms with van der Waals surface area (Å²) in [5.74, 6) is 0. The molecule has 0 aliphatic carbocycles. The van der Waals surface area contributed by atoms with Crippen LogP contribution in [0.25, 0.3) is 0 Å². The van der Waals surface area contributed by atoms with E-state index in [1.807, 2.05) is 11.9 Å². The van der Waals surface area contributed by atoms with Gasteiger partial charge >= 0.3 is 0 Å². The van der Waals surface area contributed by atoms with Crippen LogP contribution in [0, 0.1) is 6.42 Å². The van der Waals surface area contributed by atoms with Crippen molar-refractivity contribution < 1.29 is 32.7 Å². The van der Waals surface area contributed by atoms with Crippen molar-refractivity contribution in [2.24, 2.45) is 0 Å². The number of likely N-dealkylation sites (tertiary alicyclic amines) is 1. The third-order valence-corrected chi connectivity index (χ3v) is 1.48. The van der Waals surface area contributed by atoms with Gasteiger partial charge in [-0.2, -0.15) is 0 Å². The number of hydrogen-bond acceptors (Lipinski definition) is 1. The normalized spacial score (nSPS) is 17.2. The van der Waals surface area contributed by atoms with Gasteiger partial charge in [0.25, 0.3) is 0 Å². The summed E-state index contributed by atoms with van der Waals surface area (Å²) < 4.78 is 0. The van der Waals surface area contributed by atoms with Gasteiger partial charge in [-0.05, 0) is 5.70 Å².